The zero-order valence-electron chi connectivity index (χ0n) is 12.2. The maximum absolute atomic E-state index is 12.2. The van der Waals surface area contributed by atoms with Crippen molar-refractivity contribution in [3.63, 3.8) is 0 Å². The number of aliphatic carboxylic acids is 1. The first kappa shape index (κ1) is 16.0. The van der Waals surface area contributed by atoms with Crippen LogP contribution in [0.5, 0.6) is 0 Å². The number of carbonyl (C=O) groups excluding carboxylic acids is 1. The Morgan fingerprint density at radius 3 is 2.67 bits per heavy atom. The molecule has 2 aliphatic rings. The highest BCUT2D eigenvalue weighted by Crippen LogP contribution is 2.18. The fourth-order valence-corrected chi connectivity index (χ4v) is 2.78. The van der Waals surface area contributed by atoms with Crippen LogP contribution < -0.4 is 5.32 Å². The molecule has 2 heterocycles. The molecule has 0 aliphatic carbocycles. The summed E-state index contributed by atoms with van der Waals surface area (Å²) >= 11 is 0. The Morgan fingerprint density at radius 1 is 1.38 bits per heavy atom. The molecule has 0 radical (unpaired) electrons. The van der Waals surface area contributed by atoms with E-state index < -0.39 is 24.1 Å². The number of hydrogen-bond donors (Lipinski definition) is 3. The number of carbonyl (C=O) groups is 2. The Bertz CT molecular complexity index is 386. The lowest BCUT2D eigenvalue weighted by atomic mass is 10.2. The second-order valence-electron chi connectivity index (χ2n) is 5.66. The molecular weight excluding hydrogens is 278 g/mol. The molecule has 0 aromatic rings. The minimum atomic E-state index is -1.08. The van der Waals surface area contributed by atoms with E-state index in [2.05, 4.69) is 10.2 Å². The number of rotatable bonds is 4. The number of ether oxygens (including phenoxy) is 1. The third-order valence-electron chi connectivity index (χ3n) is 3.83. The minimum Gasteiger partial charge on any atom is -0.480 e. The van der Waals surface area contributed by atoms with Crippen molar-refractivity contribution in [2.75, 3.05) is 39.4 Å². The van der Waals surface area contributed by atoms with Gasteiger partial charge in [0.05, 0.1) is 19.3 Å². The van der Waals surface area contributed by atoms with Gasteiger partial charge in [0.2, 0.25) is 0 Å². The maximum Gasteiger partial charge on any atom is 0.326 e. The summed E-state index contributed by atoms with van der Waals surface area (Å²) in [6.45, 7) is 5.70. The number of hydrogen-bond acceptors (Lipinski definition) is 5. The van der Waals surface area contributed by atoms with Crippen molar-refractivity contribution < 1.29 is 24.5 Å². The molecule has 0 bridgehead atoms. The number of urea groups is 1. The van der Waals surface area contributed by atoms with Crippen LogP contribution in [0.4, 0.5) is 4.79 Å². The van der Waals surface area contributed by atoms with Crippen molar-refractivity contribution >= 4 is 12.0 Å². The van der Waals surface area contributed by atoms with Gasteiger partial charge in [0.25, 0.3) is 0 Å². The topological polar surface area (TPSA) is 102 Å². The number of nitrogens with zero attached hydrogens (tertiary/aromatic N) is 2. The Hall–Kier alpha value is -1.38. The number of aliphatic hydroxyl groups is 1. The summed E-state index contributed by atoms with van der Waals surface area (Å²) in [5, 5.41) is 21.5. The number of morpholine rings is 1. The number of nitrogens with one attached hydrogen (secondary N) is 1. The molecule has 2 saturated heterocycles. The van der Waals surface area contributed by atoms with Crippen molar-refractivity contribution in [2.24, 2.45) is 0 Å². The smallest absolute Gasteiger partial charge is 0.326 e. The largest absolute Gasteiger partial charge is 0.480 e. The van der Waals surface area contributed by atoms with Crippen molar-refractivity contribution in [1.29, 1.82) is 0 Å². The summed E-state index contributed by atoms with van der Waals surface area (Å²) < 4.78 is 5.27. The van der Waals surface area contributed by atoms with Crippen molar-refractivity contribution in [1.82, 2.24) is 15.1 Å². The number of β-amino-alcohol motifs (C(OH)–C–C–N with tert-alkyl or cyclic N) is 1. The van der Waals surface area contributed by atoms with Gasteiger partial charge in [-0.05, 0) is 6.92 Å². The first-order valence-corrected chi connectivity index (χ1v) is 7.25. The van der Waals surface area contributed by atoms with Gasteiger partial charge in [0.1, 0.15) is 6.04 Å². The molecule has 0 aromatic heterocycles. The summed E-state index contributed by atoms with van der Waals surface area (Å²) in [5.41, 5.74) is 0. The van der Waals surface area contributed by atoms with E-state index in [4.69, 9.17) is 9.84 Å². The molecular formula is C13H23N3O5. The van der Waals surface area contributed by atoms with Crippen LogP contribution in [0.25, 0.3) is 0 Å². The van der Waals surface area contributed by atoms with Gasteiger partial charge in [-0.3, -0.25) is 4.90 Å². The van der Waals surface area contributed by atoms with Crippen LogP contribution in [0, 0.1) is 0 Å². The molecule has 2 rings (SSSR count). The molecule has 21 heavy (non-hydrogen) atoms. The lowest BCUT2D eigenvalue weighted by molar-refractivity contribution is -0.141. The van der Waals surface area contributed by atoms with E-state index in [1.807, 2.05) is 6.92 Å². The van der Waals surface area contributed by atoms with Crippen molar-refractivity contribution in [3.05, 3.63) is 0 Å². The summed E-state index contributed by atoms with van der Waals surface area (Å²) in [5.74, 6) is -1.08. The molecule has 0 saturated carbocycles. The SMILES string of the molecule is CC(CN1CCOCC1)NC(=O)N1C[C@H](O)C[C@H]1C(=O)O. The second kappa shape index (κ2) is 7.06. The Balaban J connectivity index is 1.83. The van der Waals surface area contributed by atoms with Crippen LogP contribution in [0.2, 0.25) is 0 Å². The molecule has 1 unspecified atom stereocenters. The van der Waals surface area contributed by atoms with E-state index >= 15 is 0 Å². The summed E-state index contributed by atoms with van der Waals surface area (Å²) in [6.07, 6.45) is -0.688. The minimum absolute atomic E-state index is 0.0626. The van der Waals surface area contributed by atoms with Crippen LogP contribution in [-0.4, -0.2) is 89.6 Å². The van der Waals surface area contributed by atoms with Gasteiger partial charge in [-0.15, -0.1) is 0 Å². The highest BCUT2D eigenvalue weighted by Gasteiger charge is 2.39. The normalized spacial score (nSPS) is 28.4. The number of likely N-dealkylation sites (tertiary alicyclic amines) is 1. The van der Waals surface area contributed by atoms with Gasteiger partial charge in [-0.2, -0.15) is 0 Å². The second-order valence-corrected chi connectivity index (χ2v) is 5.66. The van der Waals surface area contributed by atoms with E-state index in [9.17, 15) is 14.7 Å². The molecule has 3 atom stereocenters. The van der Waals surface area contributed by atoms with E-state index in [-0.39, 0.29) is 19.0 Å². The van der Waals surface area contributed by atoms with Crippen LogP contribution >= 0.6 is 0 Å². The van der Waals surface area contributed by atoms with E-state index in [1.165, 1.54) is 4.90 Å². The van der Waals surface area contributed by atoms with E-state index in [0.717, 1.165) is 13.1 Å². The highest BCUT2D eigenvalue weighted by molar-refractivity contribution is 5.83. The summed E-state index contributed by atoms with van der Waals surface area (Å²) in [7, 11) is 0. The van der Waals surface area contributed by atoms with Gasteiger partial charge in [0.15, 0.2) is 0 Å². The number of aliphatic hydroxyl groups excluding tert-OH is 1. The molecule has 2 fully saturated rings. The monoisotopic (exact) mass is 301 g/mol. The maximum atomic E-state index is 12.2. The Morgan fingerprint density at radius 2 is 2.05 bits per heavy atom. The molecule has 2 amide bonds. The first-order chi connectivity index (χ1) is 9.97. The number of carboxylic acid groups (broad SMARTS) is 1. The molecule has 120 valence electrons. The van der Waals surface area contributed by atoms with Crippen LogP contribution in [-0.2, 0) is 9.53 Å². The zero-order valence-corrected chi connectivity index (χ0v) is 12.2. The van der Waals surface area contributed by atoms with Crippen LogP contribution in [0.3, 0.4) is 0 Å². The summed E-state index contributed by atoms with van der Waals surface area (Å²) in [6, 6.07) is -1.47. The summed E-state index contributed by atoms with van der Waals surface area (Å²) in [4.78, 5) is 26.7. The van der Waals surface area contributed by atoms with E-state index in [0.29, 0.717) is 19.8 Å². The average molecular weight is 301 g/mol. The predicted octanol–water partition coefficient (Wildman–Crippen LogP) is -1.06. The van der Waals surface area contributed by atoms with Crippen LogP contribution in [0.15, 0.2) is 0 Å². The molecule has 8 heteroatoms. The molecule has 2 aliphatic heterocycles. The average Bonchev–Trinajstić information content (AvgIpc) is 2.82. The molecule has 3 N–H and O–H groups in total. The fraction of sp³-hybridized carbons (Fsp3) is 0.846. The number of amides is 2. The molecule has 0 aromatic carbocycles. The quantitative estimate of drug-likeness (QED) is 0.611. The highest BCUT2D eigenvalue weighted by atomic mass is 16.5. The number of carboxylic acids is 1. The lowest BCUT2D eigenvalue weighted by Crippen LogP contribution is -2.52. The molecule has 8 nitrogen and oxygen atoms in total. The van der Waals surface area contributed by atoms with Gasteiger partial charge < -0.3 is 25.2 Å². The fourth-order valence-electron chi connectivity index (χ4n) is 2.78. The molecule has 0 spiro atoms. The first-order valence-electron chi connectivity index (χ1n) is 7.25. The third kappa shape index (κ3) is 4.29. The third-order valence-corrected chi connectivity index (χ3v) is 3.83. The van der Waals surface area contributed by atoms with E-state index in [1.54, 1.807) is 0 Å². The predicted molar refractivity (Wildman–Crippen MR) is 74.0 cm³/mol. The van der Waals surface area contributed by atoms with Gasteiger partial charge in [-0.25, -0.2) is 9.59 Å². The van der Waals surface area contributed by atoms with Crippen molar-refractivity contribution in [3.8, 4) is 0 Å². The lowest BCUT2D eigenvalue weighted by Gasteiger charge is -2.30. The van der Waals surface area contributed by atoms with Crippen molar-refractivity contribution in [2.45, 2.75) is 31.5 Å². The van der Waals surface area contributed by atoms with Gasteiger partial charge >= 0.3 is 12.0 Å². The van der Waals surface area contributed by atoms with Gasteiger partial charge in [0, 0.05) is 38.6 Å². The Labute approximate surface area is 123 Å². The zero-order chi connectivity index (χ0) is 15.4. The van der Waals surface area contributed by atoms with Gasteiger partial charge in [-0.1, -0.05) is 0 Å². The standard InChI is InChI=1S/C13H23N3O5/c1-9(7-15-2-4-21-5-3-15)14-13(20)16-8-10(17)6-11(16)12(18)19/h9-11,17H,2-8H2,1H3,(H,14,20)(H,18,19)/t9?,10-,11+/m1/s1. The van der Waals surface area contributed by atoms with Crippen LogP contribution in [0.1, 0.15) is 13.3 Å². The Kier molecular flexibility index (Phi) is 5.38.